The summed E-state index contributed by atoms with van der Waals surface area (Å²) in [5.74, 6) is -1.49. The number of rotatable bonds is 6. The van der Waals surface area contributed by atoms with Gasteiger partial charge >= 0.3 is 5.97 Å². The molecule has 0 aliphatic rings. The first-order valence-electron chi connectivity index (χ1n) is 6.84. The molecule has 0 heterocycles. The van der Waals surface area contributed by atoms with Crippen LogP contribution in [0.15, 0.2) is 23.1 Å². The fourth-order valence-electron chi connectivity index (χ4n) is 2.14. The van der Waals surface area contributed by atoms with Crippen molar-refractivity contribution in [1.82, 2.24) is 4.90 Å². The maximum Gasteiger partial charge on any atom is 0.323 e. The lowest BCUT2D eigenvalue weighted by Crippen LogP contribution is -2.38. The quantitative estimate of drug-likeness (QED) is 0.856. The van der Waals surface area contributed by atoms with Gasteiger partial charge in [-0.05, 0) is 30.5 Å². The van der Waals surface area contributed by atoms with E-state index in [4.69, 9.17) is 5.11 Å². The largest absolute Gasteiger partial charge is 0.480 e. The predicted molar refractivity (Wildman–Crippen MR) is 82.7 cm³/mol. The molecule has 0 radical (unpaired) electrons. The molecule has 1 amide bonds. The molecule has 0 bridgehead atoms. The second-order valence-corrected chi connectivity index (χ2v) is 7.71. The Morgan fingerprint density at radius 3 is 2.32 bits per heavy atom. The molecule has 0 aromatic heterocycles. The van der Waals surface area contributed by atoms with Gasteiger partial charge in [0, 0.05) is 18.4 Å². The van der Waals surface area contributed by atoms with E-state index in [2.05, 4.69) is 0 Å². The molecule has 22 heavy (non-hydrogen) atoms. The molecule has 0 unspecified atom stereocenters. The Morgan fingerprint density at radius 2 is 1.86 bits per heavy atom. The normalized spacial score (nSPS) is 11.5. The maximum atomic E-state index is 12.5. The van der Waals surface area contributed by atoms with Crippen molar-refractivity contribution in [2.75, 3.05) is 19.3 Å². The molecule has 1 aromatic carbocycles. The molecule has 1 aromatic rings. The number of aryl methyl sites for hydroxylation is 1. The first-order valence-corrected chi connectivity index (χ1v) is 8.73. The summed E-state index contributed by atoms with van der Waals surface area (Å²) >= 11 is 0. The average Bonchev–Trinajstić information content (AvgIpc) is 2.35. The van der Waals surface area contributed by atoms with Crippen molar-refractivity contribution in [2.24, 2.45) is 5.92 Å². The van der Waals surface area contributed by atoms with Gasteiger partial charge in [-0.25, -0.2) is 8.42 Å². The van der Waals surface area contributed by atoms with Gasteiger partial charge in [-0.3, -0.25) is 9.59 Å². The molecule has 0 saturated heterocycles. The van der Waals surface area contributed by atoms with Crippen LogP contribution in [0.3, 0.4) is 0 Å². The summed E-state index contributed by atoms with van der Waals surface area (Å²) in [6.45, 7) is 5.26. The van der Waals surface area contributed by atoms with Crippen molar-refractivity contribution < 1.29 is 23.1 Å². The van der Waals surface area contributed by atoms with Crippen molar-refractivity contribution in [3.63, 3.8) is 0 Å². The molecular weight excluding hydrogens is 306 g/mol. The maximum absolute atomic E-state index is 12.5. The number of nitrogens with zero attached hydrogens (tertiary/aromatic N) is 1. The third kappa shape index (κ3) is 4.84. The van der Waals surface area contributed by atoms with Gasteiger partial charge in [0.05, 0.1) is 4.90 Å². The van der Waals surface area contributed by atoms with Crippen LogP contribution in [0.1, 0.15) is 29.8 Å². The molecule has 0 spiro atoms. The van der Waals surface area contributed by atoms with E-state index in [9.17, 15) is 18.0 Å². The zero-order chi connectivity index (χ0) is 17.1. The molecule has 0 aliphatic carbocycles. The molecular formula is C15H21NO5S. The molecule has 0 fully saturated rings. The second-order valence-electron chi connectivity index (χ2n) is 5.73. The van der Waals surface area contributed by atoms with Crippen LogP contribution in [0.5, 0.6) is 0 Å². The summed E-state index contributed by atoms with van der Waals surface area (Å²) in [6.07, 6.45) is 1.08. The van der Waals surface area contributed by atoms with Crippen molar-refractivity contribution in [3.8, 4) is 0 Å². The Bertz CT molecular complexity index is 679. The fraction of sp³-hybridized carbons (Fsp3) is 0.467. The number of amides is 1. The SMILES string of the molecule is Cc1ccc(C(=O)N(CC(=O)O)CC(C)C)cc1S(C)(=O)=O. The van der Waals surface area contributed by atoms with Crippen LogP contribution < -0.4 is 0 Å². The van der Waals surface area contributed by atoms with Crippen molar-refractivity contribution >= 4 is 21.7 Å². The Balaban J connectivity index is 3.22. The number of benzene rings is 1. The zero-order valence-corrected chi connectivity index (χ0v) is 14.0. The van der Waals surface area contributed by atoms with Crippen LogP contribution in [0, 0.1) is 12.8 Å². The predicted octanol–water partition coefficient (Wildman–Crippen LogP) is 1.58. The number of sulfone groups is 1. The lowest BCUT2D eigenvalue weighted by atomic mass is 10.1. The first kappa shape index (κ1) is 18.2. The van der Waals surface area contributed by atoms with Crippen molar-refractivity contribution in [2.45, 2.75) is 25.7 Å². The Labute approximate surface area is 130 Å². The van der Waals surface area contributed by atoms with Gasteiger partial charge in [0.25, 0.3) is 5.91 Å². The van der Waals surface area contributed by atoms with Crippen molar-refractivity contribution in [1.29, 1.82) is 0 Å². The highest BCUT2D eigenvalue weighted by Crippen LogP contribution is 2.18. The lowest BCUT2D eigenvalue weighted by molar-refractivity contribution is -0.137. The van der Waals surface area contributed by atoms with Crippen LogP contribution in [0.2, 0.25) is 0 Å². The third-order valence-electron chi connectivity index (χ3n) is 3.03. The number of carbonyl (C=O) groups excluding carboxylic acids is 1. The summed E-state index contributed by atoms with van der Waals surface area (Å²) in [5, 5.41) is 8.93. The second kappa shape index (κ2) is 6.91. The van der Waals surface area contributed by atoms with E-state index in [0.717, 1.165) is 6.26 Å². The standard InChI is InChI=1S/C15H21NO5S/c1-10(2)8-16(9-14(17)18)15(19)12-6-5-11(3)13(7-12)22(4,20)21/h5-7,10H,8-9H2,1-4H3,(H,17,18). The van der Waals surface area contributed by atoms with Crippen LogP contribution in [-0.2, 0) is 14.6 Å². The molecule has 0 atom stereocenters. The monoisotopic (exact) mass is 327 g/mol. The van der Waals surface area contributed by atoms with Gasteiger partial charge in [0.15, 0.2) is 9.84 Å². The lowest BCUT2D eigenvalue weighted by Gasteiger charge is -2.23. The van der Waals surface area contributed by atoms with Crippen LogP contribution >= 0.6 is 0 Å². The summed E-state index contributed by atoms with van der Waals surface area (Å²) < 4.78 is 23.5. The van der Waals surface area contributed by atoms with Gasteiger partial charge in [0.2, 0.25) is 0 Å². The Morgan fingerprint density at radius 1 is 1.27 bits per heavy atom. The van der Waals surface area contributed by atoms with Gasteiger partial charge in [-0.1, -0.05) is 19.9 Å². The van der Waals surface area contributed by atoms with E-state index in [1.54, 1.807) is 13.0 Å². The highest BCUT2D eigenvalue weighted by molar-refractivity contribution is 7.90. The first-order chi connectivity index (χ1) is 10.0. The summed E-state index contributed by atoms with van der Waals surface area (Å²) in [7, 11) is -3.45. The van der Waals surface area contributed by atoms with E-state index in [-0.39, 0.29) is 22.9 Å². The highest BCUT2D eigenvalue weighted by atomic mass is 32.2. The van der Waals surface area contributed by atoms with E-state index in [1.165, 1.54) is 17.0 Å². The van der Waals surface area contributed by atoms with E-state index >= 15 is 0 Å². The number of carbonyl (C=O) groups is 2. The molecule has 1 rings (SSSR count). The van der Waals surface area contributed by atoms with E-state index < -0.39 is 28.3 Å². The number of carboxylic acid groups (broad SMARTS) is 1. The van der Waals surface area contributed by atoms with Crippen LogP contribution in [0.4, 0.5) is 0 Å². The van der Waals surface area contributed by atoms with E-state index in [0.29, 0.717) is 5.56 Å². The molecule has 6 nitrogen and oxygen atoms in total. The third-order valence-corrected chi connectivity index (χ3v) is 4.27. The van der Waals surface area contributed by atoms with Crippen molar-refractivity contribution in [3.05, 3.63) is 29.3 Å². The molecule has 0 saturated carbocycles. The van der Waals surface area contributed by atoms with Gasteiger partial charge in [-0.15, -0.1) is 0 Å². The topological polar surface area (TPSA) is 91.8 Å². The van der Waals surface area contributed by atoms with Gasteiger partial charge < -0.3 is 10.0 Å². The minimum atomic E-state index is -3.45. The van der Waals surface area contributed by atoms with Gasteiger partial charge in [-0.2, -0.15) is 0 Å². The Hall–Kier alpha value is -1.89. The molecule has 1 N–H and O–H groups in total. The summed E-state index contributed by atoms with van der Waals surface area (Å²) in [4.78, 5) is 24.7. The smallest absolute Gasteiger partial charge is 0.323 e. The summed E-state index contributed by atoms with van der Waals surface area (Å²) in [6, 6.07) is 4.38. The van der Waals surface area contributed by atoms with Gasteiger partial charge in [0.1, 0.15) is 6.54 Å². The summed E-state index contributed by atoms with van der Waals surface area (Å²) in [5.41, 5.74) is 0.723. The number of aliphatic carboxylic acids is 1. The van der Waals surface area contributed by atoms with Crippen LogP contribution in [-0.4, -0.2) is 49.6 Å². The highest BCUT2D eigenvalue weighted by Gasteiger charge is 2.21. The number of hydrogen-bond donors (Lipinski definition) is 1. The zero-order valence-electron chi connectivity index (χ0n) is 13.2. The number of carboxylic acids is 1. The number of hydrogen-bond acceptors (Lipinski definition) is 4. The minimum Gasteiger partial charge on any atom is -0.480 e. The minimum absolute atomic E-state index is 0.0816. The van der Waals surface area contributed by atoms with E-state index in [1.807, 2.05) is 13.8 Å². The average molecular weight is 327 g/mol. The molecule has 0 aliphatic heterocycles. The molecule has 7 heteroatoms. The molecule has 122 valence electrons. The fourth-order valence-corrected chi connectivity index (χ4v) is 3.13. The van der Waals surface area contributed by atoms with Crippen LogP contribution in [0.25, 0.3) is 0 Å². The Kier molecular flexibility index (Phi) is 5.71.